The molecule has 1 fully saturated rings. The van der Waals surface area contributed by atoms with Crippen molar-refractivity contribution in [1.82, 2.24) is 4.90 Å². The van der Waals surface area contributed by atoms with Crippen molar-refractivity contribution in [2.45, 2.75) is 31.8 Å². The molecule has 2 aliphatic heterocycles. The Hall–Kier alpha value is -2.63. The highest BCUT2D eigenvalue weighted by molar-refractivity contribution is 6.01. The van der Waals surface area contributed by atoms with Crippen LogP contribution in [0.4, 0.5) is 0 Å². The smallest absolute Gasteiger partial charge is 0.330 e. The van der Waals surface area contributed by atoms with E-state index in [0.29, 0.717) is 24.4 Å². The highest BCUT2D eigenvalue weighted by Crippen LogP contribution is 2.38. The molecule has 0 saturated carbocycles. The Labute approximate surface area is 146 Å². The second-order valence-electron chi connectivity index (χ2n) is 6.54. The van der Waals surface area contributed by atoms with Gasteiger partial charge in [-0.2, -0.15) is 0 Å². The quantitative estimate of drug-likeness (QED) is 0.608. The van der Waals surface area contributed by atoms with Gasteiger partial charge in [0.1, 0.15) is 11.4 Å². The molecule has 1 amide bonds. The van der Waals surface area contributed by atoms with E-state index >= 15 is 0 Å². The van der Waals surface area contributed by atoms with Crippen LogP contribution in [0, 0.1) is 0 Å². The molecule has 3 rings (SSSR count). The minimum absolute atomic E-state index is 0.0000277. The summed E-state index contributed by atoms with van der Waals surface area (Å²) in [6.45, 7) is 2.69. The third-order valence-electron chi connectivity index (χ3n) is 4.71. The Morgan fingerprint density at radius 1 is 1.36 bits per heavy atom. The molecule has 6 nitrogen and oxygen atoms in total. The van der Waals surface area contributed by atoms with Crippen LogP contribution < -0.4 is 4.74 Å². The highest BCUT2D eigenvalue weighted by atomic mass is 16.5. The molecule has 6 heteroatoms. The van der Waals surface area contributed by atoms with Crippen LogP contribution in [0.1, 0.15) is 42.1 Å². The normalized spacial score (nSPS) is 22.6. The van der Waals surface area contributed by atoms with E-state index in [4.69, 9.17) is 4.74 Å². The molecule has 0 aromatic heterocycles. The first-order valence-electron chi connectivity index (χ1n) is 8.30. The largest absolute Gasteiger partial charge is 0.484 e. The van der Waals surface area contributed by atoms with Crippen LogP contribution in [-0.2, 0) is 14.3 Å². The van der Waals surface area contributed by atoms with Gasteiger partial charge >= 0.3 is 5.97 Å². The van der Waals surface area contributed by atoms with Gasteiger partial charge in [0, 0.05) is 19.5 Å². The monoisotopic (exact) mass is 343 g/mol. The lowest BCUT2D eigenvalue weighted by Gasteiger charge is -2.44. The van der Waals surface area contributed by atoms with E-state index in [-0.39, 0.29) is 18.1 Å². The fraction of sp³-hybridized carbons (Fsp3) is 0.421. The fourth-order valence-corrected chi connectivity index (χ4v) is 3.44. The molecular formula is C19H21NO5. The van der Waals surface area contributed by atoms with E-state index in [9.17, 15) is 14.4 Å². The van der Waals surface area contributed by atoms with Crippen molar-refractivity contribution in [2.75, 3.05) is 20.2 Å². The number of ketones is 1. The zero-order valence-electron chi connectivity index (χ0n) is 14.4. The number of carbonyl (C=O) groups excluding carboxylic acids is 3. The van der Waals surface area contributed by atoms with Gasteiger partial charge in [0.05, 0.1) is 25.6 Å². The predicted molar refractivity (Wildman–Crippen MR) is 91.3 cm³/mol. The van der Waals surface area contributed by atoms with Gasteiger partial charge in [-0.25, -0.2) is 4.79 Å². The lowest BCUT2D eigenvalue weighted by atomic mass is 9.83. The Bertz CT molecular complexity index is 754. The standard InChI is InChI=1S/C19H21NO5/c1-13(21)20-9-3-8-19(12-20)11-16(22)15-10-14(4-6-17(15)25-19)5-7-18(23)24-2/h4-7,10H,3,8-9,11-12H2,1-2H3. The lowest BCUT2D eigenvalue weighted by Crippen LogP contribution is -2.55. The summed E-state index contributed by atoms with van der Waals surface area (Å²) in [7, 11) is 1.31. The summed E-state index contributed by atoms with van der Waals surface area (Å²) in [5.41, 5.74) is 0.612. The number of fused-ring (bicyclic) bond motifs is 1. The molecule has 1 aromatic carbocycles. The number of amides is 1. The zero-order valence-corrected chi connectivity index (χ0v) is 14.4. The summed E-state index contributed by atoms with van der Waals surface area (Å²) >= 11 is 0. The van der Waals surface area contributed by atoms with Gasteiger partial charge < -0.3 is 14.4 Å². The highest BCUT2D eigenvalue weighted by Gasteiger charge is 2.44. The van der Waals surface area contributed by atoms with Crippen LogP contribution in [0.2, 0.25) is 0 Å². The minimum Gasteiger partial charge on any atom is -0.484 e. The summed E-state index contributed by atoms with van der Waals surface area (Å²) < 4.78 is 10.7. The molecule has 0 radical (unpaired) electrons. The lowest BCUT2D eigenvalue weighted by molar-refractivity contribution is -0.135. The maximum absolute atomic E-state index is 12.7. The van der Waals surface area contributed by atoms with E-state index in [1.807, 2.05) is 0 Å². The predicted octanol–water partition coefficient (Wildman–Crippen LogP) is 2.22. The molecule has 0 aliphatic carbocycles. The molecule has 132 valence electrons. The number of ether oxygens (including phenoxy) is 2. The zero-order chi connectivity index (χ0) is 18.0. The van der Waals surface area contributed by atoms with E-state index < -0.39 is 11.6 Å². The third-order valence-corrected chi connectivity index (χ3v) is 4.71. The SMILES string of the molecule is COC(=O)C=Cc1ccc2c(c1)C(=O)CC1(CCCN(C(C)=O)C1)O2. The number of likely N-dealkylation sites (tertiary alicyclic amines) is 1. The Morgan fingerprint density at radius 3 is 2.88 bits per heavy atom. The molecule has 0 bridgehead atoms. The molecule has 2 heterocycles. The number of esters is 1. The summed E-state index contributed by atoms with van der Waals surface area (Å²) in [4.78, 5) is 37.3. The minimum atomic E-state index is -0.628. The summed E-state index contributed by atoms with van der Waals surface area (Å²) in [6.07, 6.45) is 4.74. The number of nitrogens with zero attached hydrogens (tertiary/aromatic N) is 1. The van der Waals surface area contributed by atoms with E-state index in [2.05, 4.69) is 4.74 Å². The van der Waals surface area contributed by atoms with Crippen LogP contribution in [0.3, 0.4) is 0 Å². The molecule has 1 unspecified atom stereocenters. The number of hydrogen-bond donors (Lipinski definition) is 0. The van der Waals surface area contributed by atoms with E-state index in [1.165, 1.54) is 20.1 Å². The maximum atomic E-state index is 12.7. The molecule has 1 atom stereocenters. The first-order chi connectivity index (χ1) is 11.9. The summed E-state index contributed by atoms with van der Waals surface area (Å²) in [6, 6.07) is 5.25. The first kappa shape index (κ1) is 17.2. The molecule has 2 aliphatic rings. The van der Waals surface area contributed by atoms with E-state index in [0.717, 1.165) is 18.4 Å². The number of carbonyl (C=O) groups is 3. The van der Waals surface area contributed by atoms with E-state index in [1.54, 1.807) is 29.2 Å². The van der Waals surface area contributed by atoms with Gasteiger partial charge in [0.2, 0.25) is 5.91 Å². The van der Waals surface area contributed by atoms with Crippen molar-refractivity contribution < 1.29 is 23.9 Å². The van der Waals surface area contributed by atoms with Crippen LogP contribution in [0.15, 0.2) is 24.3 Å². The topological polar surface area (TPSA) is 72.9 Å². The Kier molecular flexibility index (Phi) is 4.61. The number of benzene rings is 1. The summed E-state index contributed by atoms with van der Waals surface area (Å²) in [5, 5.41) is 0. The van der Waals surface area contributed by atoms with Crippen molar-refractivity contribution >= 4 is 23.7 Å². The molecule has 1 saturated heterocycles. The molecular weight excluding hydrogens is 322 g/mol. The van der Waals surface area contributed by atoms with Crippen LogP contribution in [0.25, 0.3) is 6.08 Å². The van der Waals surface area contributed by atoms with Crippen molar-refractivity contribution in [2.24, 2.45) is 0 Å². The van der Waals surface area contributed by atoms with Crippen LogP contribution in [0.5, 0.6) is 5.75 Å². The fourth-order valence-electron chi connectivity index (χ4n) is 3.44. The van der Waals surface area contributed by atoms with Crippen molar-refractivity contribution in [3.8, 4) is 5.75 Å². The number of hydrogen-bond acceptors (Lipinski definition) is 5. The Morgan fingerprint density at radius 2 is 2.16 bits per heavy atom. The second kappa shape index (κ2) is 6.70. The van der Waals surface area contributed by atoms with Crippen molar-refractivity contribution in [1.29, 1.82) is 0 Å². The van der Waals surface area contributed by atoms with Gasteiger partial charge in [0.25, 0.3) is 0 Å². The van der Waals surface area contributed by atoms with Crippen LogP contribution >= 0.6 is 0 Å². The van der Waals surface area contributed by atoms with Crippen molar-refractivity contribution in [3.05, 3.63) is 35.4 Å². The number of rotatable bonds is 2. The van der Waals surface area contributed by atoms with Crippen LogP contribution in [-0.4, -0.2) is 48.4 Å². The molecule has 1 aromatic rings. The van der Waals surface area contributed by atoms with Gasteiger partial charge in [-0.1, -0.05) is 6.07 Å². The third kappa shape index (κ3) is 3.57. The number of methoxy groups -OCH3 is 1. The average Bonchev–Trinajstić information content (AvgIpc) is 2.59. The molecule has 25 heavy (non-hydrogen) atoms. The molecule has 1 spiro atoms. The molecule has 0 N–H and O–H groups in total. The van der Waals surface area contributed by atoms with Crippen molar-refractivity contribution in [3.63, 3.8) is 0 Å². The number of piperidine rings is 1. The first-order valence-corrected chi connectivity index (χ1v) is 8.30. The second-order valence-corrected chi connectivity index (χ2v) is 6.54. The number of Topliss-reactive ketones (excluding diaryl/α,β-unsaturated/α-hetero) is 1. The van der Waals surface area contributed by atoms with Gasteiger partial charge in [-0.15, -0.1) is 0 Å². The van der Waals surface area contributed by atoms with Gasteiger partial charge in [0.15, 0.2) is 5.78 Å². The Balaban J connectivity index is 1.84. The summed E-state index contributed by atoms with van der Waals surface area (Å²) in [5.74, 6) is 0.0897. The average molecular weight is 343 g/mol. The maximum Gasteiger partial charge on any atom is 0.330 e. The van der Waals surface area contributed by atoms with Gasteiger partial charge in [-0.05, 0) is 36.6 Å². The van der Waals surface area contributed by atoms with Gasteiger partial charge in [-0.3, -0.25) is 9.59 Å².